The fourth-order valence-corrected chi connectivity index (χ4v) is 1.60. The first kappa shape index (κ1) is 15.8. The summed E-state index contributed by atoms with van der Waals surface area (Å²) in [6.45, 7) is 3.63. The Morgan fingerprint density at radius 3 is 2.45 bits per heavy atom. The predicted molar refractivity (Wildman–Crippen MR) is 78.6 cm³/mol. The van der Waals surface area contributed by atoms with E-state index in [1.165, 1.54) is 0 Å². The van der Waals surface area contributed by atoms with Crippen molar-refractivity contribution in [2.24, 2.45) is 21.1 Å². The number of rotatable bonds is 2. The standard InChI is InChI=1S/C12H14N6O.ClH/c1-7-3-5-9(6-4-7)15-16-10-8(2)17-18(11(10)19)12(13)14;/h3-6,10H,1-2H3,(H3,13,14);1H. The fourth-order valence-electron chi connectivity index (χ4n) is 1.60. The van der Waals surface area contributed by atoms with Gasteiger partial charge in [0.05, 0.1) is 11.4 Å². The smallest absolute Gasteiger partial charge is 0.282 e. The van der Waals surface area contributed by atoms with Crippen molar-refractivity contribution in [1.29, 1.82) is 5.41 Å². The molecule has 106 valence electrons. The van der Waals surface area contributed by atoms with Crippen molar-refractivity contribution < 1.29 is 4.79 Å². The summed E-state index contributed by atoms with van der Waals surface area (Å²) in [5.74, 6) is -0.877. The molecule has 0 radical (unpaired) electrons. The van der Waals surface area contributed by atoms with Crippen molar-refractivity contribution in [1.82, 2.24) is 5.01 Å². The number of benzene rings is 1. The van der Waals surface area contributed by atoms with E-state index >= 15 is 0 Å². The minimum absolute atomic E-state index is 0. The molecule has 2 rings (SSSR count). The number of hydrogen-bond donors (Lipinski definition) is 2. The third-order valence-corrected chi connectivity index (χ3v) is 2.65. The molecule has 0 saturated heterocycles. The van der Waals surface area contributed by atoms with Crippen LogP contribution in [0.4, 0.5) is 5.69 Å². The van der Waals surface area contributed by atoms with Crippen LogP contribution in [0.2, 0.25) is 0 Å². The summed E-state index contributed by atoms with van der Waals surface area (Å²) in [7, 11) is 0. The molecule has 1 unspecified atom stereocenters. The number of carbonyl (C=O) groups excluding carboxylic acids is 1. The van der Waals surface area contributed by atoms with Crippen molar-refractivity contribution in [3.63, 3.8) is 0 Å². The number of carbonyl (C=O) groups is 1. The summed E-state index contributed by atoms with van der Waals surface area (Å²) in [6, 6.07) is 6.65. The van der Waals surface area contributed by atoms with E-state index in [1.807, 2.05) is 31.2 Å². The Hall–Kier alpha value is -2.28. The summed E-state index contributed by atoms with van der Waals surface area (Å²) in [5, 5.41) is 19.9. The summed E-state index contributed by atoms with van der Waals surface area (Å²) in [6.07, 6.45) is 0. The van der Waals surface area contributed by atoms with Gasteiger partial charge in [0, 0.05) is 0 Å². The molecular formula is C12H15ClN6O. The van der Waals surface area contributed by atoms with Crippen LogP contribution in [-0.4, -0.2) is 28.6 Å². The Kier molecular flexibility index (Phi) is 4.93. The molecule has 0 bridgehead atoms. The monoisotopic (exact) mass is 294 g/mol. The third-order valence-electron chi connectivity index (χ3n) is 2.65. The van der Waals surface area contributed by atoms with E-state index in [-0.39, 0.29) is 12.4 Å². The van der Waals surface area contributed by atoms with Crippen molar-refractivity contribution >= 4 is 35.7 Å². The van der Waals surface area contributed by atoms with Crippen LogP contribution in [-0.2, 0) is 4.79 Å². The molecular weight excluding hydrogens is 280 g/mol. The third kappa shape index (κ3) is 3.18. The number of aryl methyl sites for hydroxylation is 1. The van der Waals surface area contributed by atoms with Gasteiger partial charge in [-0.3, -0.25) is 10.2 Å². The maximum Gasteiger partial charge on any atom is 0.282 e. The number of halogens is 1. The van der Waals surface area contributed by atoms with Crippen LogP contribution in [0.15, 0.2) is 39.6 Å². The van der Waals surface area contributed by atoms with Gasteiger partial charge in [-0.05, 0) is 26.0 Å². The van der Waals surface area contributed by atoms with E-state index < -0.39 is 17.9 Å². The Morgan fingerprint density at radius 2 is 1.95 bits per heavy atom. The first-order chi connectivity index (χ1) is 8.99. The molecule has 0 aliphatic carbocycles. The molecule has 1 atom stereocenters. The molecule has 1 heterocycles. The van der Waals surface area contributed by atoms with Crippen LogP contribution in [0.3, 0.4) is 0 Å². The lowest BCUT2D eigenvalue weighted by molar-refractivity contribution is -0.126. The van der Waals surface area contributed by atoms with E-state index in [1.54, 1.807) is 6.92 Å². The lowest BCUT2D eigenvalue weighted by Gasteiger charge is -2.08. The quantitative estimate of drug-likeness (QED) is 0.494. The van der Waals surface area contributed by atoms with Gasteiger partial charge in [0.15, 0.2) is 6.04 Å². The summed E-state index contributed by atoms with van der Waals surface area (Å²) >= 11 is 0. The normalized spacial score (nSPS) is 18.1. The highest BCUT2D eigenvalue weighted by molar-refractivity contribution is 6.15. The van der Waals surface area contributed by atoms with Gasteiger partial charge in [-0.25, -0.2) is 0 Å². The second kappa shape index (κ2) is 6.25. The Labute approximate surface area is 122 Å². The number of nitrogens with one attached hydrogen (secondary N) is 1. The number of nitrogens with two attached hydrogens (primary N) is 1. The van der Waals surface area contributed by atoms with Crippen molar-refractivity contribution in [3.8, 4) is 0 Å². The van der Waals surface area contributed by atoms with Gasteiger partial charge in [-0.2, -0.15) is 20.3 Å². The first-order valence-corrected chi connectivity index (χ1v) is 5.69. The van der Waals surface area contributed by atoms with E-state index in [2.05, 4.69) is 15.3 Å². The lowest BCUT2D eigenvalue weighted by Crippen LogP contribution is -2.38. The minimum Gasteiger partial charge on any atom is -0.368 e. The largest absolute Gasteiger partial charge is 0.368 e. The van der Waals surface area contributed by atoms with E-state index in [0.717, 1.165) is 10.6 Å². The van der Waals surface area contributed by atoms with Crippen LogP contribution in [0.25, 0.3) is 0 Å². The highest BCUT2D eigenvalue weighted by atomic mass is 35.5. The Bertz CT molecular complexity index is 580. The van der Waals surface area contributed by atoms with Crippen LogP contribution in [0.5, 0.6) is 0 Å². The summed E-state index contributed by atoms with van der Waals surface area (Å²) in [5.41, 5.74) is 7.50. The average molecular weight is 295 g/mol. The Morgan fingerprint density at radius 1 is 1.35 bits per heavy atom. The molecule has 0 aromatic heterocycles. The molecule has 3 N–H and O–H groups in total. The molecule has 8 heteroatoms. The molecule has 1 aliphatic rings. The van der Waals surface area contributed by atoms with Gasteiger partial charge < -0.3 is 5.73 Å². The number of amides is 1. The second-order valence-electron chi connectivity index (χ2n) is 4.23. The maximum absolute atomic E-state index is 11.9. The molecule has 0 saturated carbocycles. The van der Waals surface area contributed by atoms with Crippen LogP contribution in [0.1, 0.15) is 12.5 Å². The molecule has 0 fully saturated rings. The van der Waals surface area contributed by atoms with Gasteiger partial charge in [0.2, 0.25) is 5.96 Å². The first-order valence-electron chi connectivity index (χ1n) is 5.69. The molecule has 1 aromatic rings. The van der Waals surface area contributed by atoms with Crippen LogP contribution >= 0.6 is 12.4 Å². The minimum atomic E-state index is -0.801. The van der Waals surface area contributed by atoms with Crippen molar-refractivity contribution in [2.75, 3.05) is 0 Å². The van der Waals surface area contributed by atoms with Crippen LogP contribution in [0, 0.1) is 12.3 Å². The number of hydrazone groups is 1. The van der Waals surface area contributed by atoms with Gasteiger partial charge in [-0.1, -0.05) is 17.7 Å². The van der Waals surface area contributed by atoms with E-state index in [4.69, 9.17) is 11.1 Å². The molecule has 20 heavy (non-hydrogen) atoms. The zero-order valence-electron chi connectivity index (χ0n) is 11.1. The SMILES string of the molecule is CC1=NN(C(=N)N)C(=O)C1N=Nc1ccc(C)cc1.Cl. The molecule has 7 nitrogen and oxygen atoms in total. The number of guanidine groups is 1. The summed E-state index contributed by atoms with van der Waals surface area (Å²) < 4.78 is 0. The predicted octanol–water partition coefficient (Wildman–Crippen LogP) is 1.98. The lowest BCUT2D eigenvalue weighted by atomic mass is 10.2. The zero-order chi connectivity index (χ0) is 14.0. The van der Waals surface area contributed by atoms with Gasteiger partial charge in [0.1, 0.15) is 0 Å². The highest BCUT2D eigenvalue weighted by Crippen LogP contribution is 2.17. The van der Waals surface area contributed by atoms with E-state index in [9.17, 15) is 4.79 Å². The number of hydrogen-bond acceptors (Lipinski definition) is 5. The van der Waals surface area contributed by atoms with Gasteiger partial charge in [0.25, 0.3) is 5.91 Å². The van der Waals surface area contributed by atoms with Gasteiger partial charge >= 0.3 is 0 Å². The number of azo groups is 1. The fraction of sp³-hybridized carbons (Fsp3) is 0.250. The van der Waals surface area contributed by atoms with Crippen molar-refractivity contribution in [3.05, 3.63) is 29.8 Å². The molecule has 1 aliphatic heterocycles. The van der Waals surface area contributed by atoms with Gasteiger partial charge in [-0.15, -0.1) is 12.4 Å². The Balaban J connectivity index is 0.00000200. The van der Waals surface area contributed by atoms with E-state index in [0.29, 0.717) is 11.4 Å². The maximum atomic E-state index is 11.9. The topological polar surface area (TPSA) is 107 Å². The second-order valence-corrected chi connectivity index (χ2v) is 4.23. The number of nitrogens with zero attached hydrogens (tertiary/aromatic N) is 4. The average Bonchev–Trinajstić information content (AvgIpc) is 2.65. The molecule has 1 aromatic carbocycles. The van der Waals surface area contributed by atoms with Crippen molar-refractivity contribution in [2.45, 2.75) is 19.9 Å². The highest BCUT2D eigenvalue weighted by Gasteiger charge is 2.35. The zero-order valence-corrected chi connectivity index (χ0v) is 11.9. The summed E-state index contributed by atoms with van der Waals surface area (Å²) in [4.78, 5) is 11.9. The molecule has 1 amide bonds. The molecule has 0 spiro atoms. The van der Waals surface area contributed by atoms with Crippen LogP contribution < -0.4 is 5.73 Å².